The van der Waals surface area contributed by atoms with Gasteiger partial charge < -0.3 is 14.2 Å². The lowest BCUT2D eigenvalue weighted by Crippen LogP contribution is -2.32. The van der Waals surface area contributed by atoms with Crippen LogP contribution in [0.2, 0.25) is 0 Å². The summed E-state index contributed by atoms with van der Waals surface area (Å²) < 4.78 is 16.5. The minimum Gasteiger partial charge on any atom is -0.496 e. The van der Waals surface area contributed by atoms with Gasteiger partial charge in [-0.2, -0.15) is 0 Å². The van der Waals surface area contributed by atoms with Crippen LogP contribution < -0.4 is 9.47 Å². The molecule has 1 unspecified atom stereocenters. The standard InChI is InChI=1S/C18H18O4/c1-12-8-13-10-15(11-21-14-6-4-3-5-7-14)22-18(19)17(13)16(9-12)20-2/h3-9,15H,10-11H2,1-2H3. The number of methoxy groups -OCH3 is 1. The summed E-state index contributed by atoms with van der Waals surface area (Å²) in [5.74, 6) is 0.994. The van der Waals surface area contributed by atoms with E-state index >= 15 is 0 Å². The SMILES string of the molecule is COc1cc(C)cc2c1C(=O)OC(COc1ccccc1)C2. The minimum atomic E-state index is -0.347. The zero-order chi connectivity index (χ0) is 15.5. The van der Waals surface area contributed by atoms with Gasteiger partial charge in [0.25, 0.3) is 0 Å². The normalized spacial score (nSPS) is 16.6. The molecule has 2 aromatic carbocycles. The molecule has 4 heteroatoms. The number of hydrogen-bond acceptors (Lipinski definition) is 4. The maximum absolute atomic E-state index is 12.2. The van der Waals surface area contributed by atoms with E-state index in [-0.39, 0.29) is 12.1 Å². The first-order chi connectivity index (χ1) is 10.7. The van der Waals surface area contributed by atoms with Crippen LogP contribution in [0.4, 0.5) is 0 Å². The molecular formula is C18H18O4. The molecule has 1 heterocycles. The summed E-state index contributed by atoms with van der Waals surface area (Å²) in [6, 6.07) is 13.4. The highest BCUT2D eigenvalue weighted by Crippen LogP contribution is 2.30. The van der Waals surface area contributed by atoms with Crippen LogP contribution in [0.3, 0.4) is 0 Å². The van der Waals surface area contributed by atoms with Crippen LogP contribution >= 0.6 is 0 Å². The average molecular weight is 298 g/mol. The van der Waals surface area contributed by atoms with Crippen LogP contribution in [0.5, 0.6) is 11.5 Å². The monoisotopic (exact) mass is 298 g/mol. The van der Waals surface area contributed by atoms with Crippen molar-refractivity contribution < 1.29 is 19.0 Å². The van der Waals surface area contributed by atoms with E-state index in [4.69, 9.17) is 14.2 Å². The smallest absolute Gasteiger partial charge is 0.342 e. The largest absolute Gasteiger partial charge is 0.496 e. The molecule has 0 aromatic heterocycles. The van der Waals surface area contributed by atoms with E-state index in [1.54, 1.807) is 7.11 Å². The van der Waals surface area contributed by atoms with Crippen molar-refractivity contribution in [2.45, 2.75) is 19.4 Å². The Labute approximate surface area is 129 Å². The molecule has 114 valence electrons. The Morgan fingerprint density at radius 2 is 2.00 bits per heavy atom. The lowest BCUT2D eigenvalue weighted by molar-refractivity contribution is 0.0125. The number of aryl methyl sites for hydroxylation is 1. The first kappa shape index (κ1) is 14.4. The van der Waals surface area contributed by atoms with Gasteiger partial charge in [-0.05, 0) is 36.2 Å². The van der Waals surface area contributed by atoms with E-state index < -0.39 is 0 Å². The van der Waals surface area contributed by atoms with Gasteiger partial charge in [-0.1, -0.05) is 24.3 Å². The Balaban J connectivity index is 1.76. The molecule has 0 radical (unpaired) electrons. The molecule has 22 heavy (non-hydrogen) atoms. The molecule has 0 saturated heterocycles. The van der Waals surface area contributed by atoms with Gasteiger partial charge in [0.15, 0.2) is 0 Å². The van der Waals surface area contributed by atoms with Gasteiger partial charge in [0.1, 0.15) is 29.8 Å². The topological polar surface area (TPSA) is 44.8 Å². The Morgan fingerprint density at radius 3 is 2.73 bits per heavy atom. The van der Waals surface area contributed by atoms with Gasteiger partial charge in [0, 0.05) is 6.42 Å². The fourth-order valence-electron chi connectivity index (χ4n) is 2.68. The zero-order valence-electron chi connectivity index (χ0n) is 12.7. The summed E-state index contributed by atoms with van der Waals surface area (Å²) in [6.45, 7) is 2.32. The first-order valence-corrected chi connectivity index (χ1v) is 7.23. The zero-order valence-corrected chi connectivity index (χ0v) is 12.7. The highest BCUT2D eigenvalue weighted by atomic mass is 16.6. The maximum Gasteiger partial charge on any atom is 0.342 e. The van der Waals surface area contributed by atoms with Crippen LogP contribution in [0, 0.1) is 6.92 Å². The number of ether oxygens (including phenoxy) is 3. The summed E-state index contributed by atoms with van der Waals surface area (Å²) in [6.07, 6.45) is 0.345. The van der Waals surface area contributed by atoms with Gasteiger partial charge >= 0.3 is 5.97 Å². The second-order valence-corrected chi connectivity index (χ2v) is 5.36. The van der Waals surface area contributed by atoms with E-state index in [9.17, 15) is 4.79 Å². The summed E-state index contributed by atoms with van der Waals surface area (Å²) in [5.41, 5.74) is 2.55. The lowest BCUT2D eigenvalue weighted by atomic mass is 9.96. The number of cyclic esters (lactones) is 1. The second kappa shape index (κ2) is 6.10. The number of hydrogen-bond donors (Lipinski definition) is 0. The van der Waals surface area contributed by atoms with E-state index in [0.717, 1.165) is 16.9 Å². The lowest BCUT2D eigenvalue weighted by Gasteiger charge is -2.26. The van der Waals surface area contributed by atoms with E-state index in [0.29, 0.717) is 24.3 Å². The highest BCUT2D eigenvalue weighted by molar-refractivity contribution is 5.95. The number of benzene rings is 2. The highest BCUT2D eigenvalue weighted by Gasteiger charge is 2.30. The molecule has 3 rings (SSSR count). The summed E-state index contributed by atoms with van der Waals surface area (Å²) in [7, 11) is 1.56. The van der Waals surface area contributed by atoms with Crippen LogP contribution in [0.25, 0.3) is 0 Å². The molecule has 1 aliphatic rings. The van der Waals surface area contributed by atoms with Gasteiger partial charge in [-0.15, -0.1) is 0 Å². The molecule has 0 spiro atoms. The van der Waals surface area contributed by atoms with Crippen LogP contribution in [0.15, 0.2) is 42.5 Å². The van der Waals surface area contributed by atoms with Crippen LogP contribution in [-0.2, 0) is 11.2 Å². The molecule has 0 bridgehead atoms. The molecule has 0 N–H and O–H groups in total. The molecular weight excluding hydrogens is 280 g/mol. The molecule has 0 fully saturated rings. The Morgan fingerprint density at radius 1 is 1.23 bits per heavy atom. The second-order valence-electron chi connectivity index (χ2n) is 5.36. The van der Waals surface area contributed by atoms with Crippen molar-refractivity contribution in [1.82, 2.24) is 0 Å². The molecule has 1 atom stereocenters. The quantitative estimate of drug-likeness (QED) is 0.813. The number of carbonyl (C=O) groups excluding carboxylic acids is 1. The average Bonchev–Trinajstić information content (AvgIpc) is 2.52. The molecule has 1 aliphatic heterocycles. The number of rotatable bonds is 4. The first-order valence-electron chi connectivity index (χ1n) is 7.23. The number of carbonyl (C=O) groups is 1. The fraction of sp³-hybridized carbons (Fsp3) is 0.278. The van der Waals surface area contributed by atoms with Crippen molar-refractivity contribution in [2.75, 3.05) is 13.7 Å². The third kappa shape index (κ3) is 2.91. The summed E-state index contributed by atoms with van der Waals surface area (Å²) >= 11 is 0. The van der Waals surface area contributed by atoms with E-state index in [2.05, 4.69) is 0 Å². The number of esters is 1. The number of fused-ring (bicyclic) bond motifs is 1. The van der Waals surface area contributed by atoms with Gasteiger partial charge in [-0.3, -0.25) is 0 Å². The number of para-hydroxylation sites is 1. The minimum absolute atomic E-state index is 0.285. The van der Waals surface area contributed by atoms with Crippen molar-refractivity contribution >= 4 is 5.97 Å². The fourth-order valence-corrected chi connectivity index (χ4v) is 2.68. The molecule has 2 aromatic rings. The van der Waals surface area contributed by atoms with Gasteiger partial charge in [0.05, 0.1) is 7.11 Å². The van der Waals surface area contributed by atoms with Crippen molar-refractivity contribution in [3.63, 3.8) is 0 Å². The molecule has 0 amide bonds. The predicted octanol–water partition coefficient (Wildman–Crippen LogP) is 3.16. The molecule has 4 nitrogen and oxygen atoms in total. The molecule has 0 aliphatic carbocycles. The van der Waals surface area contributed by atoms with Gasteiger partial charge in [0.2, 0.25) is 0 Å². The third-order valence-electron chi connectivity index (χ3n) is 3.65. The summed E-state index contributed by atoms with van der Waals surface area (Å²) in [4.78, 5) is 12.2. The van der Waals surface area contributed by atoms with Crippen LogP contribution in [-0.4, -0.2) is 25.8 Å². The van der Waals surface area contributed by atoms with Crippen molar-refractivity contribution in [2.24, 2.45) is 0 Å². The Bertz CT molecular complexity index is 679. The van der Waals surface area contributed by atoms with Gasteiger partial charge in [-0.25, -0.2) is 4.79 Å². The molecule has 0 saturated carbocycles. The Hall–Kier alpha value is -2.49. The van der Waals surface area contributed by atoms with E-state index in [1.165, 1.54) is 0 Å². The predicted molar refractivity (Wildman–Crippen MR) is 82.6 cm³/mol. The van der Waals surface area contributed by atoms with Crippen molar-refractivity contribution in [3.8, 4) is 11.5 Å². The van der Waals surface area contributed by atoms with Crippen LogP contribution in [0.1, 0.15) is 21.5 Å². The van der Waals surface area contributed by atoms with E-state index in [1.807, 2.05) is 49.4 Å². The maximum atomic E-state index is 12.2. The van der Waals surface area contributed by atoms with Crippen molar-refractivity contribution in [1.29, 1.82) is 0 Å². The van der Waals surface area contributed by atoms with Crippen molar-refractivity contribution in [3.05, 3.63) is 59.2 Å². The Kier molecular flexibility index (Phi) is 4.00. The third-order valence-corrected chi connectivity index (χ3v) is 3.65. The summed E-state index contributed by atoms with van der Waals surface area (Å²) in [5, 5.41) is 0.